The van der Waals surface area contributed by atoms with Crippen LogP contribution in [0, 0.1) is 5.92 Å². The van der Waals surface area contributed by atoms with Gasteiger partial charge in [0.2, 0.25) is 0 Å². The number of aromatic nitrogens is 2. The van der Waals surface area contributed by atoms with Gasteiger partial charge in [0, 0.05) is 24.5 Å². The second kappa shape index (κ2) is 6.44. The van der Waals surface area contributed by atoms with E-state index in [0.717, 1.165) is 18.0 Å². The van der Waals surface area contributed by atoms with Gasteiger partial charge in [-0.05, 0) is 56.9 Å². The summed E-state index contributed by atoms with van der Waals surface area (Å²) in [7, 11) is 1.64. The summed E-state index contributed by atoms with van der Waals surface area (Å²) in [5.74, 6) is 1.38. The van der Waals surface area contributed by atoms with Crippen LogP contribution in [0.3, 0.4) is 0 Å². The van der Waals surface area contributed by atoms with E-state index in [4.69, 9.17) is 4.74 Å². The van der Waals surface area contributed by atoms with Crippen molar-refractivity contribution in [1.29, 1.82) is 0 Å². The quantitative estimate of drug-likeness (QED) is 0.821. The lowest BCUT2D eigenvalue weighted by Gasteiger charge is -2.29. The van der Waals surface area contributed by atoms with Crippen LogP contribution < -0.4 is 9.64 Å². The Balaban J connectivity index is 1.92. The predicted molar refractivity (Wildman–Crippen MR) is 89.9 cm³/mol. The number of nitrogens with zero attached hydrogens (tertiary/aromatic N) is 3. The maximum absolute atomic E-state index is 13.0. The second-order valence-corrected chi connectivity index (χ2v) is 6.04. The monoisotopic (exact) mass is 313 g/mol. The Labute approximate surface area is 136 Å². The van der Waals surface area contributed by atoms with Crippen LogP contribution in [-0.4, -0.2) is 28.8 Å². The molecule has 0 radical (unpaired) electrons. The molecule has 0 spiro atoms. The Morgan fingerprint density at radius 3 is 2.61 bits per heavy atom. The molecule has 1 fully saturated rings. The molecule has 1 saturated carbocycles. The van der Waals surface area contributed by atoms with Crippen molar-refractivity contribution in [3.05, 3.63) is 42.2 Å². The first-order valence-electron chi connectivity index (χ1n) is 8.14. The van der Waals surface area contributed by atoms with Gasteiger partial charge in [0.05, 0.1) is 18.9 Å². The number of carbonyl (C=O) groups is 1. The van der Waals surface area contributed by atoms with E-state index in [0.29, 0.717) is 11.5 Å². The third-order valence-electron chi connectivity index (χ3n) is 4.49. The molecule has 0 saturated heterocycles. The van der Waals surface area contributed by atoms with Crippen molar-refractivity contribution in [2.75, 3.05) is 12.0 Å². The van der Waals surface area contributed by atoms with Crippen LogP contribution in [0.2, 0.25) is 0 Å². The normalized spacial score (nSPS) is 15.3. The van der Waals surface area contributed by atoms with Crippen molar-refractivity contribution in [3.8, 4) is 5.75 Å². The van der Waals surface area contributed by atoms with Crippen LogP contribution in [-0.2, 0) is 6.54 Å². The lowest BCUT2D eigenvalue weighted by Crippen LogP contribution is -2.40. The van der Waals surface area contributed by atoms with Crippen molar-refractivity contribution in [3.63, 3.8) is 0 Å². The summed E-state index contributed by atoms with van der Waals surface area (Å²) < 4.78 is 6.99. The van der Waals surface area contributed by atoms with Crippen LogP contribution in [0.1, 0.15) is 37.0 Å². The average molecular weight is 313 g/mol. The minimum Gasteiger partial charge on any atom is -0.497 e. The molecule has 122 valence electrons. The Hall–Kier alpha value is -2.30. The molecule has 0 N–H and O–H groups in total. The van der Waals surface area contributed by atoms with Crippen molar-refractivity contribution >= 4 is 11.6 Å². The fourth-order valence-corrected chi connectivity index (χ4v) is 2.86. The number of amides is 1. The largest absolute Gasteiger partial charge is 0.497 e. The smallest absolute Gasteiger partial charge is 0.261 e. The summed E-state index contributed by atoms with van der Waals surface area (Å²) in [5, 5.41) is 4.23. The van der Waals surface area contributed by atoms with Gasteiger partial charge in [-0.15, -0.1) is 0 Å². The van der Waals surface area contributed by atoms with Crippen LogP contribution in [0.15, 0.2) is 36.7 Å². The first-order valence-corrected chi connectivity index (χ1v) is 8.14. The van der Waals surface area contributed by atoms with E-state index < -0.39 is 0 Å². The van der Waals surface area contributed by atoms with Gasteiger partial charge in [-0.3, -0.25) is 9.48 Å². The van der Waals surface area contributed by atoms with E-state index in [1.165, 1.54) is 12.8 Å². The highest BCUT2D eigenvalue weighted by molar-refractivity contribution is 6.06. The van der Waals surface area contributed by atoms with Crippen LogP contribution in [0.5, 0.6) is 5.75 Å². The third kappa shape index (κ3) is 3.23. The molecule has 1 aliphatic carbocycles. The molecule has 1 aromatic carbocycles. The van der Waals surface area contributed by atoms with Gasteiger partial charge >= 0.3 is 0 Å². The van der Waals surface area contributed by atoms with E-state index in [1.807, 2.05) is 42.3 Å². The molecule has 1 atom stereocenters. The number of hydrogen-bond acceptors (Lipinski definition) is 3. The predicted octanol–water partition coefficient (Wildman–Crippen LogP) is 3.36. The minimum atomic E-state index is 0.00858. The highest BCUT2D eigenvalue weighted by atomic mass is 16.5. The molecule has 1 aliphatic rings. The van der Waals surface area contributed by atoms with E-state index in [-0.39, 0.29) is 11.9 Å². The Bertz CT molecular complexity index is 674. The van der Waals surface area contributed by atoms with Gasteiger partial charge in [-0.2, -0.15) is 5.10 Å². The highest BCUT2D eigenvalue weighted by Gasteiger charge is 2.35. The minimum absolute atomic E-state index is 0.00858. The summed E-state index contributed by atoms with van der Waals surface area (Å²) >= 11 is 0. The zero-order chi connectivity index (χ0) is 16.4. The molecule has 1 heterocycles. The molecule has 1 aromatic heterocycles. The molecular formula is C18H23N3O2. The molecule has 1 unspecified atom stereocenters. The van der Waals surface area contributed by atoms with Crippen molar-refractivity contribution in [1.82, 2.24) is 9.78 Å². The fourth-order valence-electron chi connectivity index (χ4n) is 2.86. The van der Waals surface area contributed by atoms with E-state index >= 15 is 0 Å². The van der Waals surface area contributed by atoms with Crippen molar-refractivity contribution in [2.45, 2.75) is 39.3 Å². The Kier molecular flexibility index (Phi) is 4.37. The second-order valence-electron chi connectivity index (χ2n) is 6.04. The number of benzene rings is 1. The van der Waals surface area contributed by atoms with Gasteiger partial charge < -0.3 is 9.64 Å². The molecule has 1 amide bonds. The molecule has 5 nitrogen and oxygen atoms in total. The van der Waals surface area contributed by atoms with E-state index in [1.54, 1.807) is 18.0 Å². The standard InChI is InChI=1S/C18H23N3O2/c1-4-20-12-15(11-19-20)18(22)21(13(2)14-5-6-14)16-7-9-17(23-3)10-8-16/h7-14H,4-6H2,1-3H3. The molecule has 0 bridgehead atoms. The zero-order valence-electron chi connectivity index (χ0n) is 13.9. The van der Waals surface area contributed by atoms with Crippen molar-refractivity contribution in [2.24, 2.45) is 5.92 Å². The van der Waals surface area contributed by atoms with Crippen LogP contribution >= 0.6 is 0 Å². The summed E-state index contributed by atoms with van der Waals surface area (Å²) in [6, 6.07) is 7.86. The lowest BCUT2D eigenvalue weighted by atomic mass is 10.1. The Morgan fingerprint density at radius 1 is 1.39 bits per heavy atom. The van der Waals surface area contributed by atoms with E-state index in [2.05, 4.69) is 12.0 Å². The number of hydrogen-bond donors (Lipinski definition) is 0. The van der Waals surface area contributed by atoms with Gasteiger partial charge in [0.25, 0.3) is 5.91 Å². The highest BCUT2D eigenvalue weighted by Crippen LogP contribution is 2.37. The van der Waals surface area contributed by atoms with Crippen molar-refractivity contribution < 1.29 is 9.53 Å². The van der Waals surface area contributed by atoms with Gasteiger partial charge in [-0.1, -0.05) is 0 Å². The molecule has 23 heavy (non-hydrogen) atoms. The first-order chi connectivity index (χ1) is 11.1. The summed E-state index contributed by atoms with van der Waals surface area (Å²) in [4.78, 5) is 14.9. The maximum atomic E-state index is 13.0. The fraction of sp³-hybridized carbons (Fsp3) is 0.444. The Morgan fingerprint density at radius 2 is 2.09 bits per heavy atom. The average Bonchev–Trinajstić information content (AvgIpc) is 3.32. The van der Waals surface area contributed by atoms with E-state index in [9.17, 15) is 4.79 Å². The summed E-state index contributed by atoms with van der Waals surface area (Å²) in [6.45, 7) is 4.90. The molecule has 5 heteroatoms. The molecule has 2 aromatic rings. The lowest BCUT2D eigenvalue weighted by molar-refractivity contribution is 0.0975. The van der Waals surface area contributed by atoms with Gasteiger partial charge in [0.1, 0.15) is 5.75 Å². The number of methoxy groups -OCH3 is 1. The summed E-state index contributed by atoms with van der Waals surface area (Å²) in [5.41, 5.74) is 1.54. The van der Waals surface area contributed by atoms with Gasteiger partial charge in [-0.25, -0.2) is 0 Å². The first kappa shape index (κ1) is 15.6. The summed E-state index contributed by atoms with van der Waals surface area (Å²) in [6.07, 6.45) is 5.85. The van der Waals surface area contributed by atoms with Crippen LogP contribution in [0.25, 0.3) is 0 Å². The zero-order valence-corrected chi connectivity index (χ0v) is 13.9. The number of rotatable bonds is 6. The number of anilines is 1. The van der Waals surface area contributed by atoms with Crippen LogP contribution in [0.4, 0.5) is 5.69 Å². The number of aryl methyl sites for hydroxylation is 1. The third-order valence-corrected chi connectivity index (χ3v) is 4.49. The topological polar surface area (TPSA) is 47.4 Å². The number of carbonyl (C=O) groups excluding carboxylic acids is 1. The SMILES string of the molecule is CCn1cc(C(=O)N(c2ccc(OC)cc2)C(C)C2CC2)cn1. The maximum Gasteiger partial charge on any atom is 0.261 e. The van der Waals surface area contributed by atoms with Gasteiger partial charge in [0.15, 0.2) is 0 Å². The molecular weight excluding hydrogens is 290 g/mol. The molecule has 3 rings (SSSR count). The number of ether oxygens (including phenoxy) is 1. The molecule has 0 aliphatic heterocycles.